The van der Waals surface area contributed by atoms with Crippen molar-refractivity contribution in [2.24, 2.45) is 0 Å². The van der Waals surface area contributed by atoms with Gasteiger partial charge in [0, 0.05) is 0 Å². The highest BCUT2D eigenvalue weighted by Crippen LogP contribution is 2.25. The van der Waals surface area contributed by atoms with E-state index >= 15 is 0 Å². The molecule has 2 rings (SSSR count). The summed E-state index contributed by atoms with van der Waals surface area (Å²) in [4.78, 5) is 0. The van der Waals surface area contributed by atoms with Crippen molar-refractivity contribution in [2.45, 2.75) is 0 Å². The van der Waals surface area contributed by atoms with Gasteiger partial charge >= 0.3 is 0 Å². The van der Waals surface area contributed by atoms with Crippen LogP contribution in [0.15, 0.2) is 24.5 Å². The van der Waals surface area contributed by atoms with E-state index in [1.54, 1.807) is 10.7 Å². The van der Waals surface area contributed by atoms with Crippen molar-refractivity contribution in [1.82, 2.24) is 9.78 Å². The normalized spacial score (nSPS) is 10.4. The molecule has 0 aromatic carbocycles. The van der Waals surface area contributed by atoms with Crippen molar-refractivity contribution < 1.29 is 5.11 Å². The van der Waals surface area contributed by atoms with E-state index < -0.39 is 0 Å². The van der Waals surface area contributed by atoms with E-state index in [1.807, 2.05) is 6.07 Å². The molecule has 3 nitrogen and oxygen atoms in total. The molecule has 2 aromatic rings. The van der Waals surface area contributed by atoms with Crippen LogP contribution in [0.1, 0.15) is 0 Å². The molecule has 0 atom stereocenters. The lowest BCUT2D eigenvalue weighted by molar-refractivity contribution is 0.475. The summed E-state index contributed by atoms with van der Waals surface area (Å²) in [5.74, 6) is 0.152. The second kappa shape index (κ2) is 2.80. The van der Waals surface area contributed by atoms with Crippen LogP contribution in [0.3, 0.4) is 0 Å². The summed E-state index contributed by atoms with van der Waals surface area (Å²) < 4.78 is 2.28. The number of aromatic nitrogens is 2. The predicted molar refractivity (Wildman–Crippen MR) is 48.1 cm³/mol. The van der Waals surface area contributed by atoms with Crippen LogP contribution in [0.5, 0.6) is 5.75 Å². The Morgan fingerprint density at radius 3 is 2.83 bits per heavy atom. The van der Waals surface area contributed by atoms with Crippen LogP contribution >= 0.6 is 22.9 Å². The molecule has 2 heterocycles. The molecular formula is C7H5ClN2OS. The monoisotopic (exact) mass is 200 g/mol. The highest BCUT2D eigenvalue weighted by molar-refractivity contribution is 7.18. The molecule has 0 aliphatic carbocycles. The van der Waals surface area contributed by atoms with Crippen LogP contribution in [0.25, 0.3) is 5.00 Å². The van der Waals surface area contributed by atoms with E-state index in [4.69, 9.17) is 16.7 Å². The molecule has 0 fully saturated rings. The summed E-state index contributed by atoms with van der Waals surface area (Å²) in [6, 6.07) is 3.64. The summed E-state index contributed by atoms with van der Waals surface area (Å²) in [5, 5.41) is 13.8. The molecule has 0 bridgehead atoms. The van der Waals surface area contributed by atoms with Gasteiger partial charge in [-0.3, -0.25) is 0 Å². The van der Waals surface area contributed by atoms with Crippen LogP contribution in [0, 0.1) is 0 Å². The van der Waals surface area contributed by atoms with Crippen LogP contribution in [0.4, 0.5) is 0 Å². The maximum absolute atomic E-state index is 9.01. The second-order valence-corrected chi connectivity index (χ2v) is 3.91. The Bertz CT molecular complexity index is 357. The van der Waals surface area contributed by atoms with Gasteiger partial charge in [-0.1, -0.05) is 11.6 Å². The summed E-state index contributed by atoms with van der Waals surface area (Å²) in [7, 11) is 0. The third-order valence-electron chi connectivity index (χ3n) is 1.35. The molecule has 0 radical (unpaired) electrons. The molecule has 0 saturated heterocycles. The molecule has 5 heteroatoms. The van der Waals surface area contributed by atoms with Gasteiger partial charge in [-0.2, -0.15) is 5.10 Å². The Kier molecular flexibility index (Phi) is 1.78. The van der Waals surface area contributed by atoms with Gasteiger partial charge in [0.25, 0.3) is 0 Å². The minimum absolute atomic E-state index is 0.152. The molecule has 1 N–H and O–H groups in total. The van der Waals surface area contributed by atoms with Crippen LogP contribution in [-0.4, -0.2) is 14.9 Å². The number of halogens is 1. The maximum Gasteiger partial charge on any atom is 0.153 e. The van der Waals surface area contributed by atoms with Crippen LogP contribution in [-0.2, 0) is 0 Å². The first-order chi connectivity index (χ1) is 5.75. The SMILES string of the molecule is Oc1cnn(-c2ccc(Cl)s2)c1. The second-order valence-electron chi connectivity index (χ2n) is 2.22. The van der Waals surface area contributed by atoms with E-state index in [0.29, 0.717) is 4.34 Å². The maximum atomic E-state index is 9.01. The molecule has 12 heavy (non-hydrogen) atoms. The van der Waals surface area contributed by atoms with Gasteiger partial charge in [0.1, 0.15) is 5.00 Å². The molecule has 2 aromatic heterocycles. The van der Waals surface area contributed by atoms with Crippen molar-refractivity contribution in [3.8, 4) is 10.8 Å². The first-order valence-corrected chi connectivity index (χ1v) is 4.44. The molecule has 0 spiro atoms. The zero-order valence-electron chi connectivity index (χ0n) is 5.94. The van der Waals surface area contributed by atoms with E-state index in [9.17, 15) is 0 Å². The first-order valence-electron chi connectivity index (χ1n) is 3.25. The Morgan fingerprint density at radius 2 is 2.33 bits per heavy atom. The van der Waals surface area contributed by atoms with Crippen LogP contribution < -0.4 is 0 Å². The van der Waals surface area contributed by atoms with Crippen molar-refractivity contribution in [1.29, 1.82) is 0 Å². The van der Waals surface area contributed by atoms with E-state index in [1.165, 1.54) is 23.7 Å². The summed E-state index contributed by atoms with van der Waals surface area (Å²) in [6.45, 7) is 0. The average Bonchev–Trinajstić information content (AvgIpc) is 2.58. The molecule has 0 aliphatic heterocycles. The highest BCUT2D eigenvalue weighted by Gasteiger charge is 2.01. The lowest BCUT2D eigenvalue weighted by Crippen LogP contribution is -1.88. The molecule has 0 unspecified atom stereocenters. The molecule has 0 amide bonds. The van der Waals surface area contributed by atoms with Crippen molar-refractivity contribution in [3.63, 3.8) is 0 Å². The third-order valence-corrected chi connectivity index (χ3v) is 2.57. The quantitative estimate of drug-likeness (QED) is 0.767. The van der Waals surface area contributed by atoms with Gasteiger partial charge in [-0.15, -0.1) is 11.3 Å². The zero-order valence-corrected chi connectivity index (χ0v) is 7.51. The number of hydrogen-bond donors (Lipinski definition) is 1. The van der Waals surface area contributed by atoms with Gasteiger partial charge in [0.05, 0.1) is 16.7 Å². The van der Waals surface area contributed by atoms with Gasteiger partial charge in [0.2, 0.25) is 0 Å². The van der Waals surface area contributed by atoms with E-state index in [2.05, 4.69) is 5.10 Å². The predicted octanol–water partition coefficient (Wildman–Crippen LogP) is 2.29. The highest BCUT2D eigenvalue weighted by atomic mass is 35.5. The van der Waals surface area contributed by atoms with E-state index in [-0.39, 0.29) is 5.75 Å². The van der Waals surface area contributed by atoms with Crippen molar-refractivity contribution >= 4 is 22.9 Å². The Hall–Kier alpha value is -1.000. The zero-order chi connectivity index (χ0) is 8.55. The summed E-state index contributed by atoms with van der Waals surface area (Å²) in [6.07, 6.45) is 2.91. The largest absolute Gasteiger partial charge is 0.505 e. The lowest BCUT2D eigenvalue weighted by atomic mass is 10.6. The minimum Gasteiger partial charge on any atom is -0.505 e. The Labute approximate surface area is 77.8 Å². The van der Waals surface area contributed by atoms with Gasteiger partial charge in [-0.05, 0) is 12.1 Å². The fourth-order valence-corrected chi connectivity index (χ4v) is 1.83. The fraction of sp³-hybridized carbons (Fsp3) is 0. The fourth-order valence-electron chi connectivity index (χ4n) is 0.862. The summed E-state index contributed by atoms with van der Waals surface area (Å²) >= 11 is 7.14. The number of rotatable bonds is 1. The molecular weight excluding hydrogens is 196 g/mol. The number of nitrogens with zero attached hydrogens (tertiary/aromatic N) is 2. The first kappa shape index (κ1) is 7.64. The molecule has 62 valence electrons. The third kappa shape index (κ3) is 1.31. The Morgan fingerprint density at radius 1 is 1.50 bits per heavy atom. The van der Waals surface area contributed by atoms with E-state index in [0.717, 1.165) is 5.00 Å². The van der Waals surface area contributed by atoms with Gasteiger partial charge in [0.15, 0.2) is 5.75 Å². The van der Waals surface area contributed by atoms with Crippen LogP contribution in [0.2, 0.25) is 4.34 Å². The molecule has 0 aliphatic rings. The topological polar surface area (TPSA) is 38.1 Å². The number of aromatic hydroxyl groups is 1. The average molecular weight is 201 g/mol. The standard InChI is InChI=1S/C7H5ClN2OS/c8-6-1-2-7(12-6)10-4-5(11)3-9-10/h1-4,11H. The summed E-state index contributed by atoms with van der Waals surface area (Å²) in [5.41, 5.74) is 0. The van der Waals surface area contributed by atoms with Crippen molar-refractivity contribution in [2.75, 3.05) is 0 Å². The minimum atomic E-state index is 0.152. The smallest absolute Gasteiger partial charge is 0.153 e. The Balaban J connectivity index is 2.43. The van der Waals surface area contributed by atoms with Crippen molar-refractivity contribution in [3.05, 3.63) is 28.9 Å². The number of hydrogen-bond acceptors (Lipinski definition) is 3. The number of thiophene rings is 1. The lowest BCUT2D eigenvalue weighted by Gasteiger charge is -1.91. The van der Waals surface area contributed by atoms with Gasteiger partial charge < -0.3 is 5.11 Å². The van der Waals surface area contributed by atoms with Gasteiger partial charge in [-0.25, -0.2) is 4.68 Å². The molecule has 0 saturated carbocycles.